The van der Waals surface area contributed by atoms with E-state index < -0.39 is 5.91 Å². The second kappa shape index (κ2) is 9.40. The SMILES string of the molecule is CC(C)(C)[C@@H]1CCc2c(sc(NC(=O)c3ccc(OCc4ccccc4)cc3)c2C(N)=O)C1. The highest BCUT2D eigenvalue weighted by Crippen LogP contribution is 2.44. The third-order valence-corrected chi connectivity index (χ3v) is 7.50. The Labute approximate surface area is 199 Å². The van der Waals surface area contributed by atoms with Gasteiger partial charge in [0.05, 0.1) is 5.56 Å². The molecule has 0 bridgehead atoms. The molecule has 1 aliphatic rings. The van der Waals surface area contributed by atoms with Crippen LogP contribution >= 0.6 is 11.3 Å². The number of carbonyl (C=O) groups is 2. The number of ether oxygens (including phenoxy) is 1. The zero-order valence-corrected chi connectivity index (χ0v) is 20.1. The molecule has 1 aromatic heterocycles. The van der Waals surface area contributed by atoms with Crippen molar-refractivity contribution in [2.75, 3.05) is 5.32 Å². The van der Waals surface area contributed by atoms with Crippen molar-refractivity contribution in [1.82, 2.24) is 0 Å². The lowest BCUT2D eigenvalue weighted by atomic mass is 9.72. The van der Waals surface area contributed by atoms with E-state index in [2.05, 4.69) is 26.1 Å². The van der Waals surface area contributed by atoms with E-state index in [-0.39, 0.29) is 11.3 Å². The number of carbonyl (C=O) groups excluding carboxylic acids is 2. The fourth-order valence-electron chi connectivity index (χ4n) is 4.29. The van der Waals surface area contributed by atoms with Crippen molar-refractivity contribution in [3.8, 4) is 5.75 Å². The Balaban J connectivity index is 1.47. The first-order chi connectivity index (χ1) is 15.7. The van der Waals surface area contributed by atoms with Gasteiger partial charge in [-0.1, -0.05) is 51.1 Å². The molecule has 0 spiro atoms. The monoisotopic (exact) mass is 462 g/mol. The zero-order valence-electron chi connectivity index (χ0n) is 19.3. The summed E-state index contributed by atoms with van der Waals surface area (Å²) in [6.07, 6.45) is 2.74. The van der Waals surface area contributed by atoms with Gasteiger partial charge in [0.25, 0.3) is 11.8 Å². The predicted molar refractivity (Wildman–Crippen MR) is 133 cm³/mol. The normalized spacial score (nSPS) is 15.5. The van der Waals surface area contributed by atoms with Crippen LogP contribution in [0.4, 0.5) is 5.00 Å². The van der Waals surface area contributed by atoms with E-state index in [0.29, 0.717) is 34.4 Å². The molecule has 3 aromatic rings. The number of hydrogen-bond acceptors (Lipinski definition) is 4. The summed E-state index contributed by atoms with van der Waals surface area (Å²) in [6, 6.07) is 16.9. The van der Waals surface area contributed by atoms with Crippen LogP contribution in [0.5, 0.6) is 5.75 Å². The summed E-state index contributed by atoms with van der Waals surface area (Å²) in [6.45, 7) is 7.22. The number of rotatable bonds is 6. The van der Waals surface area contributed by atoms with Gasteiger partial charge in [-0.25, -0.2) is 0 Å². The first kappa shape index (κ1) is 23.1. The van der Waals surface area contributed by atoms with Crippen LogP contribution in [0.3, 0.4) is 0 Å². The number of nitrogens with one attached hydrogen (secondary N) is 1. The molecule has 0 saturated heterocycles. The average molecular weight is 463 g/mol. The van der Waals surface area contributed by atoms with Crippen LogP contribution in [-0.4, -0.2) is 11.8 Å². The Morgan fingerprint density at radius 2 is 1.79 bits per heavy atom. The molecule has 1 heterocycles. The number of benzene rings is 2. The number of thiophene rings is 1. The Kier molecular flexibility index (Phi) is 6.56. The maximum Gasteiger partial charge on any atom is 0.256 e. The summed E-state index contributed by atoms with van der Waals surface area (Å²) in [5, 5.41) is 3.49. The molecule has 1 atom stereocenters. The van der Waals surface area contributed by atoms with Crippen molar-refractivity contribution in [3.05, 3.63) is 81.7 Å². The summed E-state index contributed by atoms with van der Waals surface area (Å²) in [7, 11) is 0. The Bertz CT molecular complexity index is 1140. The molecular weight excluding hydrogens is 432 g/mol. The summed E-state index contributed by atoms with van der Waals surface area (Å²) in [4.78, 5) is 26.3. The molecule has 1 aliphatic carbocycles. The number of anilines is 1. The molecule has 0 fully saturated rings. The van der Waals surface area contributed by atoms with Crippen molar-refractivity contribution in [1.29, 1.82) is 0 Å². The van der Waals surface area contributed by atoms with Gasteiger partial charge in [-0.3, -0.25) is 9.59 Å². The molecule has 3 N–H and O–H groups in total. The lowest BCUT2D eigenvalue weighted by Gasteiger charge is -2.33. The number of amides is 2. The molecule has 6 heteroatoms. The second-order valence-corrected chi connectivity index (χ2v) is 10.7. The van der Waals surface area contributed by atoms with Gasteiger partial charge in [-0.15, -0.1) is 11.3 Å². The van der Waals surface area contributed by atoms with Gasteiger partial charge >= 0.3 is 0 Å². The van der Waals surface area contributed by atoms with E-state index in [4.69, 9.17) is 10.5 Å². The highest BCUT2D eigenvalue weighted by molar-refractivity contribution is 7.17. The summed E-state index contributed by atoms with van der Waals surface area (Å²) < 4.78 is 5.80. The first-order valence-corrected chi connectivity index (χ1v) is 12.1. The Morgan fingerprint density at radius 3 is 2.42 bits per heavy atom. The van der Waals surface area contributed by atoms with Gasteiger partial charge in [0, 0.05) is 10.4 Å². The lowest BCUT2D eigenvalue weighted by Crippen LogP contribution is -2.27. The van der Waals surface area contributed by atoms with E-state index in [0.717, 1.165) is 35.3 Å². The predicted octanol–water partition coefficient (Wildman–Crippen LogP) is 5.83. The molecule has 0 saturated carbocycles. The quantitative estimate of drug-likeness (QED) is 0.484. The van der Waals surface area contributed by atoms with E-state index in [1.54, 1.807) is 24.3 Å². The van der Waals surface area contributed by atoms with Crippen LogP contribution < -0.4 is 15.8 Å². The van der Waals surface area contributed by atoms with Gasteiger partial charge in [0.2, 0.25) is 0 Å². The third-order valence-electron chi connectivity index (χ3n) is 6.33. The number of hydrogen-bond donors (Lipinski definition) is 2. The van der Waals surface area contributed by atoms with E-state index in [9.17, 15) is 9.59 Å². The average Bonchev–Trinajstić information content (AvgIpc) is 3.15. The van der Waals surface area contributed by atoms with Crippen LogP contribution in [0.1, 0.15) is 63.9 Å². The maximum atomic E-state index is 12.9. The Morgan fingerprint density at radius 1 is 1.09 bits per heavy atom. The smallest absolute Gasteiger partial charge is 0.256 e. The molecule has 0 radical (unpaired) electrons. The van der Waals surface area contributed by atoms with Crippen LogP contribution in [0.2, 0.25) is 0 Å². The lowest BCUT2D eigenvalue weighted by molar-refractivity contribution is 0.1000. The van der Waals surface area contributed by atoms with Crippen molar-refractivity contribution in [2.24, 2.45) is 17.1 Å². The molecule has 4 rings (SSSR count). The molecule has 33 heavy (non-hydrogen) atoms. The molecule has 2 aromatic carbocycles. The van der Waals surface area contributed by atoms with Crippen molar-refractivity contribution >= 4 is 28.2 Å². The number of fused-ring (bicyclic) bond motifs is 1. The van der Waals surface area contributed by atoms with Gasteiger partial charge in [0.15, 0.2) is 0 Å². The van der Waals surface area contributed by atoms with Crippen molar-refractivity contribution in [2.45, 2.75) is 46.6 Å². The second-order valence-electron chi connectivity index (χ2n) is 9.63. The third kappa shape index (κ3) is 5.28. The first-order valence-electron chi connectivity index (χ1n) is 11.2. The minimum Gasteiger partial charge on any atom is -0.489 e. The van der Waals surface area contributed by atoms with Gasteiger partial charge in [0.1, 0.15) is 17.4 Å². The molecule has 172 valence electrons. The Hall–Kier alpha value is -3.12. The molecule has 5 nitrogen and oxygen atoms in total. The van der Waals surface area contributed by atoms with E-state index in [1.165, 1.54) is 11.3 Å². The molecule has 0 aliphatic heterocycles. The number of nitrogens with two attached hydrogens (primary N) is 1. The summed E-state index contributed by atoms with van der Waals surface area (Å²) in [5.41, 5.74) is 8.97. The summed E-state index contributed by atoms with van der Waals surface area (Å²) in [5.74, 6) is 0.476. The fourth-order valence-corrected chi connectivity index (χ4v) is 5.62. The minimum atomic E-state index is -0.485. The maximum absolute atomic E-state index is 12.9. The van der Waals surface area contributed by atoms with Gasteiger partial charge < -0.3 is 15.8 Å². The molecule has 0 unspecified atom stereocenters. The standard InChI is InChI=1S/C27H30N2O3S/c1-27(2,3)19-11-14-21-22(15-19)33-26(23(21)24(28)30)29-25(31)18-9-12-20(13-10-18)32-16-17-7-5-4-6-8-17/h4-10,12-13,19H,11,14-16H2,1-3H3,(H2,28,30)(H,29,31)/t19-/m1/s1. The van der Waals surface area contributed by atoms with Crippen LogP contribution in [0, 0.1) is 11.3 Å². The van der Waals surface area contributed by atoms with Crippen molar-refractivity contribution in [3.63, 3.8) is 0 Å². The largest absolute Gasteiger partial charge is 0.489 e. The van der Waals surface area contributed by atoms with Crippen LogP contribution in [0.25, 0.3) is 0 Å². The van der Waals surface area contributed by atoms with Crippen LogP contribution in [-0.2, 0) is 19.4 Å². The minimum absolute atomic E-state index is 0.197. The van der Waals surface area contributed by atoms with Gasteiger partial charge in [-0.05, 0) is 66.0 Å². The van der Waals surface area contributed by atoms with E-state index in [1.807, 2.05) is 30.3 Å². The highest BCUT2D eigenvalue weighted by Gasteiger charge is 2.33. The zero-order chi connectivity index (χ0) is 23.6. The highest BCUT2D eigenvalue weighted by atomic mass is 32.1. The summed E-state index contributed by atoms with van der Waals surface area (Å²) >= 11 is 1.48. The van der Waals surface area contributed by atoms with Crippen LogP contribution in [0.15, 0.2) is 54.6 Å². The van der Waals surface area contributed by atoms with Crippen molar-refractivity contribution < 1.29 is 14.3 Å². The molecular formula is C27H30N2O3S. The van der Waals surface area contributed by atoms with Gasteiger partial charge in [-0.2, -0.15) is 0 Å². The number of primary amides is 1. The fraction of sp³-hybridized carbons (Fsp3) is 0.333. The molecule has 2 amide bonds. The topological polar surface area (TPSA) is 81.4 Å². The van der Waals surface area contributed by atoms with E-state index >= 15 is 0 Å².